The van der Waals surface area contributed by atoms with Gasteiger partial charge in [-0.15, -0.1) is 16.8 Å². The van der Waals surface area contributed by atoms with Crippen molar-refractivity contribution in [2.75, 3.05) is 6.54 Å². The Labute approximate surface area is 176 Å². The van der Waals surface area contributed by atoms with Crippen molar-refractivity contribution in [1.29, 1.82) is 0 Å². The number of benzene rings is 1. The Morgan fingerprint density at radius 1 is 1.34 bits per heavy atom. The number of allylic oxidation sites excluding steroid dienone is 1. The Balaban J connectivity index is 1.91. The molecular weight excluding hydrogens is 387 g/mol. The number of amides is 1. The molecule has 1 amide bonds. The smallest absolute Gasteiger partial charge is 0.236 e. The molecule has 2 atom stereocenters. The van der Waals surface area contributed by atoms with Gasteiger partial charge in [0.1, 0.15) is 5.82 Å². The Hall–Kier alpha value is -2.15. The van der Waals surface area contributed by atoms with E-state index in [1.807, 2.05) is 9.47 Å². The van der Waals surface area contributed by atoms with Crippen molar-refractivity contribution in [3.05, 3.63) is 42.7 Å². The first-order valence-electron chi connectivity index (χ1n) is 10.2. The summed E-state index contributed by atoms with van der Waals surface area (Å²) in [5.74, 6) is 0.386. The maximum atomic E-state index is 14.3. The molecule has 2 aromatic rings. The predicted octanol–water partition coefficient (Wildman–Crippen LogP) is 4.79. The van der Waals surface area contributed by atoms with Crippen LogP contribution >= 0.6 is 11.8 Å². The van der Waals surface area contributed by atoms with E-state index < -0.39 is 0 Å². The summed E-state index contributed by atoms with van der Waals surface area (Å²) in [5, 5.41) is 8.90. The molecule has 5 nitrogen and oxygen atoms in total. The fourth-order valence-corrected chi connectivity index (χ4v) is 4.80. The Bertz CT molecular complexity index is 866. The van der Waals surface area contributed by atoms with E-state index in [0.717, 1.165) is 19.4 Å². The highest BCUT2D eigenvalue weighted by molar-refractivity contribution is 8.00. The van der Waals surface area contributed by atoms with E-state index in [9.17, 15) is 9.18 Å². The average Bonchev–Trinajstić information content (AvgIpc) is 3.08. The molecule has 1 aliphatic rings. The van der Waals surface area contributed by atoms with Crippen LogP contribution in [0.2, 0.25) is 0 Å². The van der Waals surface area contributed by atoms with Gasteiger partial charge in [0.25, 0.3) is 0 Å². The molecule has 0 saturated carbocycles. The Kier molecular flexibility index (Phi) is 7.11. The quantitative estimate of drug-likeness (QED) is 0.481. The highest BCUT2D eigenvalue weighted by Crippen LogP contribution is 2.33. The first-order valence-corrected chi connectivity index (χ1v) is 11.1. The van der Waals surface area contributed by atoms with Crippen molar-refractivity contribution >= 4 is 17.7 Å². The van der Waals surface area contributed by atoms with Crippen molar-refractivity contribution in [1.82, 2.24) is 19.7 Å². The van der Waals surface area contributed by atoms with Crippen LogP contribution in [0, 0.1) is 11.7 Å². The summed E-state index contributed by atoms with van der Waals surface area (Å²) in [4.78, 5) is 15.3. The van der Waals surface area contributed by atoms with Crippen LogP contribution in [0.1, 0.15) is 40.0 Å². The second-order valence-electron chi connectivity index (χ2n) is 7.84. The second-order valence-corrected chi connectivity index (χ2v) is 8.95. The summed E-state index contributed by atoms with van der Waals surface area (Å²) in [5.41, 5.74) is 0.394. The van der Waals surface area contributed by atoms with Gasteiger partial charge in [-0.1, -0.05) is 43.8 Å². The first kappa shape index (κ1) is 21.6. The third kappa shape index (κ3) is 4.71. The number of piperidine rings is 1. The molecule has 0 bridgehead atoms. The van der Waals surface area contributed by atoms with Gasteiger partial charge in [-0.25, -0.2) is 4.39 Å². The lowest BCUT2D eigenvalue weighted by atomic mass is 10.0. The number of hydrogen-bond donors (Lipinski definition) is 0. The van der Waals surface area contributed by atoms with E-state index in [2.05, 4.69) is 37.5 Å². The fourth-order valence-electron chi connectivity index (χ4n) is 3.69. The molecule has 7 heteroatoms. The van der Waals surface area contributed by atoms with Crippen LogP contribution in [-0.2, 0) is 11.3 Å². The van der Waals surface area contributed by atoms with Crippen LogP contribution in [0.4, 0.5) is 4.39 Å². The van der Waals surface area contributed by atoms with E-state index >= 15 is 0 Å². The lowest BCUT2D eigenvalue weighted by molar-refractivity contribution is -0.134. The number of likely N-dealkylation sites (tertiary alicyclic amines) is 1. The average molecular weight is 417 g/mol. The molecule has 0 N–H and O–H groups in total. The number of nitrogens with zero attached hydrogens (tertiary/aromatic N) is 4. The lowest BCUT2D eigenvalue weighted by Crippen LogP contribution is -2.47. The zero-order chi connectivity index (χ0) is 21.0. The molecule has 2 unspecified atom stereocenters. The number of hydrogen-bond acceptors (Lipinski definition) is 4. The summed E-state index contributed by atoms with van der Waals surface area (Å²) in [6, 6.07) is 6.78. The topological polar surface area (TPSA) is 51.0 Å². The van der Waals surface area contributed by atoms with Crippen LogP contribution in [0.5, 0.6) is 0 Å². The van der Waals surface area contributed by atoms with E-state index in [1.165, 1.54) is 24.2 Å². The SMILES string of the molecule is C=CCn1c(SC(C(=O)N2CCCCC2C)C(C)C)nnc1-c1ccccc1F. The summed E-state index contributed by atoms with van der Waals surface area (Å²) < 4.78 is 16.2. The summed E-state index contributed by atoms with van der Waals surface area (Å²) in [6.45, 7) is 11.3. The van der Waals surface area contributed by atoms with Crippen LogP contribution in [0.15, 0.2) is 42.1 Å². The van der Waals surface area contributed by atoms with Crippen molar-refractivity contribution in [2.24, 2.45) is 5.92 Å². The molecule has 3 rings (SSSR count). The molecule has 1 fully saturated rings. The summed E-state index contributed by atoms with van der Waals surface area (Å²) in [7, 11) is 0. The maximum Gasteiger partial charge on any atom is 0.236 e. The molecular formula is C22H29FN4OS. The molecule has 156 valence electrons. The first-order chi connectivity index (χ1) is 13.9. The van der Waals surface area contributed by atoms with Crippen molar-refractivity contribution < 1.29 is 9.18 Å². The van der Waals surface area contributed by atoms with Gasteiger partial charge >= 0.3 is 0 Å². The maximum absolute atomic E-state index is 14.3. The standard InChI is InChI=1S/C22H29FN4OS/c1-5-13-27-20(17-11-6-7-12-18(17)23)24-25-22(27)29-19(15(2)3)21(28)26-14-9-8-10-16(26)4/h5-7,11-12,15-16,19H,1,8-10,13-14H2,2-4H3. The van der Waals surface area contributed by atoms with E-state index in [0.29, 0.717) is 23.1 Å². The molecule has 29 heavy (non-hydrogen) atoms. The van der Waals surface area contributed by atoms with E-state index in [-0.39, 0.29) is 28.9 Å². The third-order valence-corrected chi connectivity index (χ3v) is 6.82. The monoisotopic (exact) mass is 416 g/mol. The zero-order valence-electron chi connectivity index (χ0n) is 17.3. The number of carbonyl (C=O) groups is 1. The minimum Gasteiger partial charge on any atom is -0.339 e. The number of carbonyl (C=O) groups excluding carboxylic acids is 1. The van der Waals surface area contributed by atoms with Gasteiger partial charge < -0.3 is 4.90 Å². The highest BCUT2D eigenvalue weighted by Gasteiger charge is 2.33. The van der Waals surface area contributed by atoms with Crippen molar-refractivity contribution in [2.45, 2.75) is 63.0 Å². The minimum absolute atomic E-state index is 0.132. The summed E-state index contributed by atoms with van der Waals surface area (Å²) >= 11 is 1.42. The number of halogens is 1. The molecule has 1 aromatic carbocycles. The molecule has 1 aromatic heterocycles. The zero-order valence-corrected chi connectivity index (χ0v) is 18.2. The minimum atomic E-state index is -0.347. The lowest BCUT2D eigenvalue weighted by Gasteiger charge is -2.36. The van der Waals surface area contributed by atoms with E-state index in [1.54, 1.807) is 24.3 Å². The van der Waals surface area contributed by atoms with Crippen LogP contribution in [-0.4, -0.2) is 43.4 Å². The fraction of sp³-hybridized carbons (Fsp3) is 0.500. The van der Waals surface area contributed by atoms with Gasteiger partial charge in [0.2, 0.25) is 5.91 Å². The van der Waals surface area contributed by atoms with Gasteiger partial charge in [0, 0.05) is 19.1 Å². The molecule has 1 aliphatic heterocycles. The largest absolute Gasteiger partial charge is 0.339 e. The van der Waals surface area contributed by atoms with Crippen LogP contribution in [0.25, 0.3) is 11.4 Å². The van der Waals surface area contributed by atoms with Crippen molar-refractivity contribution in [3.8, 4) is 11.4 Å². The van der Waals surface area contributed by atoms with Crippen LogP contribution < -0.4 is 0 Å². The Morgan fingerprint density at radius 3 is 2.76 bits per heavy atom. The molecule has 1 saturated heterocycles. The Morgan fingerprint density at radius 2 is 2.10 bits per heavy atom. The molecule has 0 spiro atoms. The highest BCUT2D eigenvalue weighted by atomic mass is 32.2. The number of thioether (sulfide) groups is 1. The third-order valence-electron chi connectivity index (χ3n) is 5.31. The number of aromatic nitrogens is 3. The second kappa shape index (κ2) is 9.57. The van der Waals surface area contributed by atoms with Crippen molar-refractivity contribution in [3.63, 3.8) is 0 Å². The van der Waals surface area contributed by atoms with Gasteiger partial charge in [-0.3, -0.25) is 9.36 Å². The number of rotatable bonds is 7. The van der Waals surface area contributed by atoms with Gasteiger partial charge in [-0.2, -0.15) is 0 Å². The molecule has 2 heterocycles. The molecule has 0 radical (unpaired) electrons. The van der Waals surface area contributed by atoms with E-state index in [4.69, 9.17) is 0 Å². The summed E-state index contributed by atoms with van der Waals surface area (Å²) in [6.07, 6.45) is 5.00. The van der Waals surface area contributed by atoms with Gasteiger partial charge in [0.15, 0.2) is 11.0 Å². The van der Waals surface area contributed by atoms with Gasteiger partial charge in [0.05, 0.1) is 10.8 Å². The predicted molar refractivity (Wildman–Crippen MR) is 115 cm³/mol. The van der Waals surface area contributed by atoms with Gasteiger partial charge in [-0.05, 0) is 44.2 Å². The van der Waals surface area contributed by atoms with Crippen LogP contribution in [0.3, 0.4) is 0 Å². The molecule has 0 aliphatic carbocycles. The normalized spacial score (nSPS) is 18.1.